The van der Waals surface area contributed by atoms with E-state index in [-0.39, 0.29) is 0 Å². The van der Waals surface area contributed by atoms with Crippen molar-refractivity contribution in [3.63, 3.8) is 0 Å². The number of rotatable bonds is 4. The van der Waals surface area contributed by atoms with Gasteiger partial charge in [-0.25, -0.2) is 10.2 Å². The van der Waals surface area contributed by atoms with Gasteiger partial charge in [0.05, 0.1) is 23.5 Å². The predicted octanol–water partition coefficient (Wildman–Crippen LogP) is 3.89. The number of ether oxygens (including phenoxy) is 1. The number of anilines is 1. The highest BCUT2D eigenvalue weighted by Gasteiger charge is 2.04. The average Bonchev–Trinajstić information content (AvgIpc) is 2.55. The van der Waals surface area contributed by atoms with E-state index in [0.717, 1.165) is 11.3 Å². The number of methoxy groups -OCH3 is 1. The summed E-state index contributed by atoms with van der Waals surface area (Å²) in [6.45, 7) is 1.80. The number of para-hydroxylation sites is 1. The number of nitrogens with one attached hydrogen (secondary N) is 2. The third-order valence-electron chi connectivity index (χ3n) is 2.96. The molecule has 0 bridgehead atoms. The van der Waals surface area contributed by atoms with E-state index in [0.29, 0.717) is 16.4 Å². The highest BCUT2D eigenvalue weighted by molar-refractivity contribution is 6.33. The normalized spacial score (nSPS) is 11.0. The number of hydrogen-bond donors (Lipinski definition) is 2. The number of carbonyl (C=O) groups is 1. The summed E-state index contributed by atoms with van der Waals surface area (Å²) in [5.41, 5.74) is 4.53. The van der Waals surface area contributed by atoms with Crippen LogP contribution in [0.25, 0.3) is 0 Å². The first-order valence-corrected chi connectivity index (χ1v) is 6.98. The minimum Gasteiger partial charge on any atom is -0.497 e. The van der Waals surface area contributed by atoms with Crippen LogP contribution < -0.4 is 15.5 Å². The van der Waals surface area contributed by atoms with Crippen LogP contribution in [0.3, 0.4) is 0 Å². The van der Waals surface area contributed by atoms with Gasteiger partial charge >= 0.3 is 6.03 Å². The van der Waals surface area contributed by atoms with Gasteiger partial charge < -0.3 is 10.1 Å². The van der Waals surface area contributed by atoms with Gasteiger partial charge in [0.15, 0.2) is 0 Å². The third-order valence-corrected chi connectivity index (χ3v) is 3.28. The molecule has 0 aromatic heterocycles. The fourth-order valence-electron chi connectivity index (χ4n) is 1.74. The number of amides is 2. The summed E-state index contributed by atoms with van der Waals surface area (Å²) in [6.07, 6.45) is 0. The molecule has 0 heterocycles. The zero-order chi connectivity index (χ0) is 15.9. The molecule has 0 unspecified atom stereocenters. The fraction of sp³-hybridized carbons (Fsp3) is 0.125. The second-order valence-electron chi connectivity index (χ2n) is 4.47. The van der Waals surface area contributed by atoms with Gasteiger partial charge in [-0.15, -0.1) is 0 Å². The standard InChI is InChI=1S/C16H16ClN3O2/c1-11(12-7-9-13(22-2)10-8-12)19-20-16(21)18-15-6-4-3-5-14(15)17/h3-10H,1-2H3,(H2,18,20,21)/b19-11+. The predicted molar refractivity (Wildman–Crippen MR) is 88.8 cm³/mol. The van der Waals surface area contributed by atoms with Gasteiger partial charge in [0.2, 0.25) is 0 Å². The number of benzene rings is 2. The maximum absolute atomic E-state index is 11.8. The van der Waals surface area contributed by atoms with Gasteiger partial charge in [-0.05, 0) is 48.9 Å². The molecular formula is C16H16ClN3O2. The minimum atomic E-state index is -0.457. The Morgan fingerprint density at radius 3 is 2.45 bits per heavy atom. The molecule has 2 aromatic carbocycles. The van der Waals surface area contributed by atoms with E-state index in [1.54, 1.807) is 38.3 Å². The number of hydrazone groups is 1. The lowest BCUT2D eigenvalue weighted by molar-refractivity contribution is 0.252. The van der Waals surface area contributed by atoms with Gasteiger partial charge in [-0.1, -0.05) is 23.7 Å². The summed E-state index contributed by atoms with van der Waals surface area (Å²) in [4.78, 5) is 11.8. The topological polar surface area (TPSA) is 62.7 Å². The Hall–Kier alpha value is -2.53. The molecule has 2 N–H and O–H groups in total. The van der Waals surface area contributed by atoms with Gasteiger partial charge in [0, 0.05) is 0 Å². The van der Waals surface area contributed by atoms with E-state index >= 15 is 0 Å². The summed E-state index contributed by atoms with van der Waals surface area (Å²) in [6, 6.07) is 13.9. The van der Waals surface area contributed by atoms with Gasteiger partial charge in [0.1, 0.15) is 5.75 Å². The second kappa shape index (κ2) is 7.47. The molecular weight excluding hydrogens is 302 g/mol. The zero-order valence-corrected chi connectivity index (χ0v) is 13.0. The largest absolute Gasteiger partial charge is 0.497 e. The van der Waals surface area contributed by atoms with Crippen LogP contribution in [0.15, 0.2) is 53.6 Å². The van der Waals surface area contributed by atoms with Crippen molar-refractivity contribution in [3.05, 3.63) is 59.1 Å². The molecule has 2 aromatic rings. The molecule has 0 aliphatic carbocycles. The first-order chi connectivity index (χ1) is 10.6. The minimum absolute atomic E-state index is 0.457. The van der Waals surface area contributed by atoms with Crippen LogP contribution in [-0.2, 0) is 0 Å². The molecule has 5 nitrogen and oxygen atoms in total. The molecule has 6 heteroatoms. The lowest BCUT2D eigenvalue weighted by atomic mass is 10.1. The molecule has 0 radical (unpaired) electrons. The van der Waals surface area contributed by atoms with Crippen LogP contribution in [0.4, 0.5) is 10.5 Å². The van der Waals surface area contributed by atoms with Crippen LogP contribution in [0.5, 0.6) is 5.75 Å². The number of hydrogen-bond acceptors (Lipinski definition) is 3. The van der Waals surface area contributed by atoms with Crippen molar-refractivity contribution in [2.75, 3.05) is 12.4 Å². The molecule has 0 atom stereocenters. The maximum Gasteiger partial charge on any atom is 0.339 e. The van der Waals surface area contributed by atoms with Crippen molar-refractivity contribution < 1.29 is 9.53 Å². The Labute approximate surface area is 133 Å². The monoisotopic (exact) mass is 317 g/mol. The van der Waals surface area contributed by atoms with E-state index < -0.39 is 6.03 Å². The smallest absolute Gasteiger partial charge is 0.339 e. The highest BCUT2D eigenvalue weighted by Crippen LogP contribution is 2.20. The summed E-state index contributed by atoms with van der Waals surface area (Å²) in [5, 5.41) is 7.14. The van der Waals surface area contributed by atoms with Crippen LogP contribution in [0.2, 0.25) is 5.02 Å². The molecule has 2 amide bonds. The van der Waals surface area contributed by atoms with Crippen molar-refractivity contribution in [2.45, 2.75) is 6.92 Å². The number of nitrogens with zero attached hydrogens (tertiary/aromatic N) is 1. The van der Waals surface area contributed by atoms with E-state index in [4.69, 9.17) is 16.3 Å². The second-order valence-corrected chi connectivity index (χ2v) is 4.88. The van der Waals surface area contributed by atoms with E-state index in [1.807, 2.05) is 24.3 Å². The summed E-state index contributed by atoms with van der Waals surface area (Å²) < 4.78 is 5.09. The first kappa shape index (κ1) is 15.9. The van der Waals surface area contributed by atoms with Crippen molar-refractivity contribution >= 4 is 29.0 Å². The number of urea groups is 1. The zero-order valence-electron chi connectivity index (χ0n) is 12.3. The molecule has 0 saturated carbocycles. The van der Waals surface area contributed by atoms with Gasteiger partial charge in [0.25, 0.3) is 0 Å². The Balaban J connectivity index is 1.97. The molecule has 0 spiro atoms. The molecule has 0 fully saturated rings. The average molecular weight is 318 g/mol. The third kappa shape index (κ3) is 4.23. The van der Waals surface area contributed by atoms with Crippen LogP contribution in [0.1, 0.15) is 12.5 Å². The SMILES string of the molecule is COc1ccc(/C(C)=N/NC(=O)Nc2ccccc2Cl)cc1. The van der Waals surface area contributed by atoms with Gasteiger partial charge in [-0.2, -0.15) is 5.10 Å². The highest BCUT2D eigenvalue weighted by atomic mass is 35.5. The van der Waals surface area contributed by atoms with Crippen LogP contribution in [0, 0.1) is 0 Å². The van der Waals surface area contributed by atoms with Crippen molar-refractivity contribution in [1.82, 2.24) is 5.43 Å². The Morgan fingerprint density at radius 2 is 1.82 bits per heavy atom. The molecule has 0 aliphatic heterocycles. The van der Waals surface area contributed by atoms with Crippen LogP contribution >= 0.6 is 11.6 Å². The lowest BCUT2D eigenvalue weighted by Gasteiger charge is -2.07. The molecule has 22 heavy (non-hydrogen) atoms. The Kier molecular flexibility index (Phi) is 5.38. The quantitative estimate of drug-likeness (QED) is 0.663. The molecule has 114 valence electrons. The first-order valence-electron chi connectivity index (χ1n) is 6.60. The van der Waals surface area contributed by atoms with E-state index in [2.05, 4.69) is 15.8 Å². The summed E-state index contributed by atoms with van der Waals surface area (Å²) >= 11 is 5.97. The van der Waals surface area contributed by atoms with Crippen molar-refractivity contribution in [1.29, 1.82) is 0 Å². The Morgan fingerprint density at radius 1 is 1.14 bits per heavy atom. The Bertz CT molecular complexity index is 684. The summed E-state index contributed by atoms with van der Waals surface area (Å²) in [7, 11) is 1.61. The maximum atomic E-state index is 11.8. The van der Waals surface area contributed by atoms with E-state index in [9.17, 15) is 4.79 Å². The molecule has 2 rings (SSSR count). The van der Waals surface area contributed by atoms with Crippen LogP contribution in [-0.4, -0.2) is 18.9 Å². The molecule has 0 saturated heterocycles. The van der Waals surface area contributed by atoms with Crippen molar-refractivity contribution in [2.24, 2.45) is 5.10 Å². The molecule has 0 aliphatic rings. The lowest BCUT2D eigenvalue weighted by Crippen LogP contribution is -2.25. The van der Waals surface area contributed by atoms with E-state index in [1.165, 1.54) is 0 Å². The summed E-state index contributed by atoms with van der Waals surface area (Å²) in [5.74, 6) is 0.765. The fourth-order valence-corrected chi connectivity index (χ4v) is 1.93. The van der Waals surface area contributed by atoms with Crippen molar-refractivity contribution in [3.8, 4) is 5.75 Å². The van der Waals surface area contributed by atoms with Gasteiger partial charge in [-0.3, -0.25) is 0 Å². The number of carbonyl (C=O) groups excluding carboxylic acids is 1. The number of halogens is 1.